The molecule has 1 saturated carbocycles. The molecule has 0 heterocycles. The maximum absolute atomic E-state index is 10.5. The van der Waals surface area contributed by atoms with Crippen molar-refractivity contribution in [3.05, 3.63) is 28.2 Å². The molecule has 0 bridgehead atoms. The van der Waals surface area contributed by atoms with Gasteiger partial charge >= 0.3 is 0 Å². The summed E-state index contributed by atoms with van der Waals surface area (Å²) < 4.78 is 6.13. The summed E-state index contributed by atoms with van der Waals surface area (Å²) in [5, 5.41) is 10.5. The zero-order valence-electron chi connectivity index (χ0n) is 10.9. The number of benzene rings is 1. The van der Waals surface area contributed by atoms with Crippen LogP contribution in [0.5, 0.6) is 5.75 Å². The van der Waals surface area contributed by atoms with E-state index >= 15 is 0 Å². The van der Waals surface area contributed by atoms with Crippen LogP contribution in [0.2, 0.25) is 0 Å². The summed E-state index contributed by atoms with van der Waals surface area (Å²) in [4.78, 5) is 0. The quantitative estimate of drug-likeness (QED) is 0.835. The minimum Gasteiger partial charge on any atom is -0.497 e. The summed E-state index contributed by atoms with van der Waals surface area (Å²) in [5.74, 6) is 1.22. The number of rotatable bonds is 3. The first-order chi connectivity index (χ1) is 8.72. The van der Waals surface area contributed by atoms with E-state index in [9.17, 15) is 5.11 Å². The molecule has 0 amide bonds. The Morgan fingerprint density at radius 3 is 2.44 bits per heavy atom. The van der Waals surface area contributed by atoms with Gasteiger partial charge in [0.05, 0.1) is 13.2 Å². The van der Waals surface area contributed by atoms with E-state index in [1.54, 1.807) is 7.11 Å². The number of aliphatic hydroxyl groups excluding tert-OH is 1. The predicted molar refractivity (Wildman–Crippen MR) is 76.8 cm³/mol. The van der Waals surface area contributed by atoms with Crippen LogP contribution >= 0.6 is 15.9 Å². The second kappa shape index (κ2) is 6.58. The van der Waals surface area contributed by atoms with Crippen LogP contribution in [0.3, 0.4) is 0 Å². The smallest absolute Gasteiger partial charge is 0.120 e. The van der Waals surface area contributed by atoms with Crippen LogP contribution in [0, 0.1) is 5.92 Å². The lowest BCUT2D eigenvalue weighted by Gasteiger charge is -2.22. The number of halogens is 1. The van der Waals surface area contributed by atoms with Gasteiger partial charge in [-0.25, -0.2) is 0 Å². The summed E-state index contributed by atoms with van der Waals surface area (Å²) in [5.41, 5.74) is 0.989. The van der Waals surface area contributed by atoms with Crippen molar-refractivity contribution in [2.24, 2.45) is 5.92 Å². The predicted octanol–water partition coefficient (Wildman–Crippen LogP) is 4.46. The largest absolute Gasteiger partial charge is 0.497 e. The molecular formula is C15H21BrO2. The normalized spacial score (nSPS) is 19.3. The highest BCUT2D eigenvalue weighted by atomic mass is 79.9. The minimum atomic E-state index is -0.358. The maximum Gasteiger partial charge on any atom is 0.120 e. The lowest BCUT2D eigenvalue weighted by Crippen LogP contribution is -2.12. The van der Waals surface area contributed by atoms with Gasteiger partial charge in [-0.05, 0) is 36.5 Å². The van der Waals surface area contributed by atoms with Crippen molar-refractivity contribution in [1.29, 1.82) is 0 Å². The fraction of sp³-hybridized carbons (Fsp3) is 0.600. The Morgan fingerprint density at radius 2 is 1.89 bits per heavy atom. The van der Waals surface area contributed by atoms with Crippen LogP contribution in [0.15, 0.2) is 22.7 Å². The Morgan fingerprint density at radius 1 is 1.22 bits per heavy atom. The van der Waals surface area contributed by atoms with Crippen molar-refractivity contribution in [3.8, 4) is 5.75 Å². The van der Waals surface area contributed by atoms with Gasteiger partial charge in [0.2, 0.25) is 0 Å². The first kappa shape index (κ1) is 13.9. The molecule has 0 spiro atoms. The standard InChI is InChI=1S/C15H21BrO2/c1-18-12-8-9-13(14(16)10-12)15(17)11-6-4-2-3-5-7-11/h8-11,15,17H,2-7H2,1H3. The summed E-state index contributed by atoms with van der Waals surface area (Å²) in [7, 11) is 1.66. The molecule has 0 saturated heterocycles. The minimum absolute atomic E-state index is 0.358. The van der Waals surface area contributed by atoms with Crippen molar-refractivity contribution in [3.63, 3.8) is 0 Å². The maximum atomic E-state index is 10.5. The second-order valence-electron chi connectivity index (χ2n) is 5.08. The topological polar surface area (TPSA) is 29.5 Å². The average molecular weight is 313 g/mol. The first-order valence-electron chi connectivity index (χ1n) is 6.74. The highest BCUT2D eigenvalue weighted by Crippen LogP contribution is 2.37. The van der Waals surface area contributed by atoms with E-state index in [4.69, 9.17) is 4.74 Å². The molecule has 18 heavy (non-hydrogen) atoms. The van der Waals surface area contributed by atoms with Crippen molar-refractivity contribution in [2.45, 2.75) is 44.6 Å². The third-order valence-electron chi connectivity index (χ3n) is 3.87. The van der Waals surface area contributed by atoms with Crippen molar-refractivity contribution in [1.82, 2.24) is 0 Å². The van der Waals surface area contributed by atoms with Crippen LogP contribution in [0.25, 0.3) is 0 Å². The van der Waals surface area contributed by atoms with Gasteiger partial charge in [-0.15, -0.1) is 0 Å². The molecule has 1 aromatic rings. The molecular weight excluding hydrogens is 292 g/mol. The zero-order valence-corrected chi connectivity index (χ0v) is 12.4. The van der Waals surface area contributed by atoms with E-state index in [0.717, 1.165) is 28.6 Å². The van der Waals surface area contributed by atoms with Crippen molar-refractivity contribution >= 4 is 15.9 Å². The summed E-state index contributed by atoms with van der Waals surface area (Å²) in [6.07, 6.45) is 7.04. The molecule has 1 aliphatic carbocycles. The van der Waals surface area contributed by atoms with Gasteiger partial charge in [-0.2, -0.15) is 0 Å². The SMILES string of the molecule is COc1ccc(C(O)C2CCCCCC2)c(Br)c1. The Hall–Kier alpha value is -0.540. The monoisotopic (exact) mass is 312 g/mol. The summed E-state index contributed by atoms with van der Waals surface area (Å²) >= 11 is 3.53. The van der Waals surface area contributed by atoms with Gasteiger partial charge in [0.15, 0.2) is 0 Å². The molecule has 0 radical (unpaired) electrons. The molecule has 0 aliphatic heterocycles. The summed E-state index contributed by atoms with van der Waals surface area (Å²) in [6, 6.07) is 5.81. The van der Waals surface area contributed by atoms with Gasteiger partial charge in [-0.3, -0.25) is 0 Å². The molecule has 1 aliphatic rings. The van der Waals surface area contributed by atoms with Crippen LogP contribution < -0.4 is 4.74 Å². The Balaban J connectivity index is 2.14. The third-order valence-corrected chi connectivity index (χ3v) is 4.56. The lowest BCUT2D eigenvalue weighted by atomic mass is 9.89. The van der Waals surface area contributed by atoms with Crippen LogP contribution in [-0.2, 0) is 0 Å². The number of methoxy groups -OCH3 is 1. The van der Waals surface area contributed by atoms with Crippen LogP contribution in [0.4, 0.5) is 0 Å². The van der Waals surface area contributed by atoms with Crippen molar-refractivity contribution < 1.29 is 9.84 Å². The number of hydrogen-bond donors (Lipinski definition) is 1. The van der Waals surface area contributed by atoms with E-state index in [2.05, 4.69) is 15.9 Å². The molecule has 1 N–H and O–H groups in total. The number of hydrogen-bond acceptors (Lipinski definition) is 2. The molecule has 1 fully saturated rings. The van der Waals surface area contributed by atoms with E-state index in [-0.39, 0.29) is 6.10 Å². The second-order valence-corrected chi connectivity index (χ2v) is 5.94. The molecule has 100 valence electrons. The molecule has 0 aromatic heterocycles. The third kappa shape index (κ3) is 3.27. The van der Waals surface area contributed by atoms with Crippen LogP contribution in [0.1, 0.15) is 50.2 Å². The molecule has 2 nitrogen and oxygen atoms in total. The first-order valence-corrected chi connectivity index (χ1v) is 7.53. The van der Waals surface area contributed by atoms with Gasteiger partial charge in [-0.1, -0.05) is 47.7 Å². The molecule has 3 heteroatoms. The molecule has 1 unspecified atom stereocenters. The summed E-state index contributed by atoms with van der Waals surface area (Å²) in [6.45, 7) is 0. The van der Waals surface area contributed by atoms with E-state index in [1.807, 2.05) is 18.2 Å². The average Bonchev–Trinajstić information content (AvgIpc) is 2.66. The zero-order chi connectivity index (χ0) is 13.0. The Labute approximate surface area is 117 Å². The fourth-order valence-electron chi connectivity index (χ4n) is 2.76. The molecule has 1 atom stereocenters. The molecule has 1 aromatic carbocycles. The van der Waals surface area contributed by atoms with Gasteiger partial charge < -0.3 is 9.84 Å². The van der Waals surface area contributed by atoms with E-state index in [0.29, 0.717) is 5.92 Å². The van der Waals surface area contributed by atoms with Gasteiger partial charge in [0.1, 0.15) is 5.75 Å². The van der Waals surface area contributed by atoms with E-state index < -0.39 is 0 Å². The number of aliphatic hydroxyl groups is 1. The molecule has 2 rings (SSSR count). The van der Waals surface area contributed by atoms with Gasteiger partial charge in [0.25, 0.3) is 0 Å². The van der Waals surface area contributed by atoms with E-state index in [1.165, 1.54) is 25.7 Å². The Kier molecular flexibility index (Phi) is 5.07. The fourth-order valence-corrected chi connectivity index (χ4v) is 3.35. The highest BCUT2D eigenvalue weighted by molar-refractivity contribution is 9.10. The highest BCUT2D eigenvalue weighted by Gasteiger charge is 2.23. The van der Waals surface area contributed by atoms with Crippen molar-refractivity contribution in [2.75, 3.05) is 7.11 Å². The number of ether oxygens (including phenoxy) is 1. The van der Waals surface area contributed by atoms with Gasteiger partial charge in [0, 0.05) is 4.47 Å². The van der Waals surface area contributed by atoms with Crippen LogP contribution in [-0.4, -0.2) is 12.2 Å². The Bertz CT molecular complexity index is 384. The lowest BCUT2D eigenvalue weighted by molar-refractivity contribution is 0.0981.